The number of unbranched alkanes of at least 4 members (excludes halogenated alkanes) is 12. The average Bonchev–Trinajstić information content (AvgIpc) is 2.51. The van der Waals surface area contributed by atoms with E-state index in [1.54, 1.807) is 0 Å². The highest BCUT2D eigenvalue weighted by molar-refractivity contribution is 5.70. The Balaban J connectivity index is 3.34. The van der Waals surface area contributed by atoms with Gasteiger partial charge in [-0.05, 0) is 19.8 Å². The molecule has 24 heavy (non-hydrogen) atoms. The molecule has 0 bridgehead atoms. The topological polar surface area (TPSA) is 26.3 Å². The number of rotatable bonds is 17. The van der Waals surface area contributed by atoms with Gasteiger partial charge >= 0.3 is 5.97 Å². The molecular weight excluding hydrogens is 298 g/mol. The lowest BCUT2D eigenvalue weighted by atomic mass is 10.0. The van der Waals surface area contributed by atoms with Gasteiger partial charge in [0.05, 0.1) is 27.2 Å². The van der Waals surface area contributed by atoms with Crippen LogP contribution in [0.1, 0.15) is 97.3 Å². The van der Waals surface area contributed by atoms with Crippen LogP contribution in [-0.2, 0) is 9.53 Å². The van der Waals surface area contributed by atoms with Crippen molar-refractivity contribution in [2.24, 2.45) is 0 Å². The normalized spacial score (nSPS) is 11.7. The molecule has 0 spiro atoms. The molecule has 0 atom stereocenters. The van der Waals surface area contributed by atoms with Gasteiger partial charge < -0.3 is 9.22 Å². The highest BCUT2D eigenvalue weighted by atomic mass is 16.5. The number of carbonyl (C=O) groups excluding carboxylic acids is 1. The molecule has 0 rings (SSSR count). The lowest BCUT2D eigenvalue weighted by molar-refractivity contribution is -0.883. The van der Waals surface area contributed by atoms with Crippen LogP contribution in [0.3, 0.4) is 0 Å². The number of nitrogens with zero attached hydrogens (tertiary/aromatic N) is 1. The smallest absolute Gasteiger partial charge is 0.361 e. The fourth-order valence-corrected chi connectivity index (χ4v) is 3.19. The van der Waals surface area contributed by atoms with E-state index in [0.29, 0.717) is 13.2 Å². The molecule has 0 fully saturated rings. The van der Waals surface area contributed by atoms with Crippen molar-refractivity contribution in [3.8, 4) is 0 Å². The molecule has 0 unspecified atom stereocenters. The Bertz CT molecular complexity index is 290. The SMILES string of the molecule is CCCCCCCCCCCCCCC[N+](C)(C)CC(=O)OCC. The molecule has 0 aromatic heterocycles. The summed E-state index contributed by atoms with van der Waals surface area (Å²) < 4.78 is 5.79. The molecule has 0 saturated heterocycles. The van der Waals surface area contributed by atoms with E-state index in [2.05, 4.69) is 21.0 Å². The van der Waals surface area contributed by atoms with Gasteiger partial charge in [-0.15, -0.1) is 0 Å². The Hall–Kier alpha value is -0.570. The quantitative estimate of drug-likeness (QED) is 0.192. The van der Waals surface area contributed by atoms with Gasteiger partial charge in [-0.1, -0.05) is 77.6 Å². The van der Waals surface area contributed by atoms with Crippen molar-refractivity contribution < 1.29 is 14.0 Å². The summed E-state index contributed by atoms with van der Waals surface area (Å²) in [5, 5.41) is 0. The molecular formula is C21H44NO2+. The molecule has 0 aromatic carbocycles. The molecule has 0 saturated carbocycles. The lowest BCUT2D eigenvalue weighted by Crippen LogP contribution is -2.45. The van der Waals surface area contributed by atoms with Crippen LogP contribution in [-0.4, -0.2) is 44.2 Å². The second-order valence-electron chi connectivity index (χ2n) is 7.87. The summed E-state index contributed by atoms with van der Waals surface area (Å²) in [7, 11) is 4.24. The van der Waals surface area contributed by atoms with Gasteiger partial charge in [0.15, 0.2) is 6.54 Å². The summed E-state index contributed by atoms with van der Waals surface area (Å²) in [6.07, 6.45) is 18.0. The molecule has 0 heterocycles. The predicted octanol–water partition coefficient (Wildman–Crippen LogP) is 5.72. The van der Waals surface area contributed by atoms with Crippen LogP contribution in [0.4, 0.5) is 0 Å². The van der Waals surface area contributed by atoms with Crippen molar-refractivity contribution in [2.75, 3.05) is 33.8 Å². The van der Waals surface area contributed by atoms with Crippen LogP contribution < -0.4 is 0 Å². The Morgan fingerprint density at radius 3 is 1.54 bits per heavy atom. The van der Waals surface area contributed by atoms with Crippen LogP contribution in [0, 0.1) is 0 Å². The monoisotopic (exact) mass is 342 g/mol. The molecule has 3 heteroatoms. The van der Waals surface area contributed by atoms with E-state index in [9.17, 15) is 4.79 Å². The number of ether oxygens (including phenoxy) is 1. The summed E-state index contributed by atoms with van der Waals surface area (Å²) in [6.45, 7) is 6.19. The van der Waals surface area contributed by atoms with Crippen molar-refractivity contribution in [3.63, 3.8) is 0 Å². The summed E-state index contributed by atoms with van der Waals surface area (Å²) in [5.74, 6) is -0.0720. The second-order valence-corrected chi connectivity index (χ2v) is 7.87. The van der Waals surface area contributed by atoms with Crippen molar-refractivity contribution in [1.29, 1.82) is 0 Å². The maximum atomic E-state index is 11.6. The highest BCUT2D eigenvalue weighted by Gasteiger charge is 2.20. The van der Waals surface area contributed by atoms with Crippen LogP contribution >= 0.6 is 0 Å². The zero-order valence-electron chi connectivity index (χ0n) is 17.1. The van der Waals surface area contributed by atoms with E-state index in [0.717, 1.165) is 11.0 Å². The summed E-state index contributed by atoms with van der Waals surface area (Å²) in [4.78, 5) is 11.6. The standard InChI is InChI=1S/C21H44NO2/c1-5-7-8-9-10-11-12-13-14-15-16-17-18-19-22(3,4)20-21(23)24-6-2/h5-20H2,1-4H3/q+1. The number of esters is 1. The van der Waals surface area contributed by atoms with Crippen LogP contribution in [0.2, 0.25) is 0 Å². The molecule has 0 aliphatic heterocycles. The van der Waals surface area contributed by atoms with E-state index >= 15 is 0 Å². The van der Waals surface area contributed by atoms with Crippen molar-refractivity contribution in [3.05, 3.63) is 0 Å². The average molecular weight is 343 g/mol. The number of quaternary nitrogens is 1. The summed E-state index contributed by atoms with van der Waals surface area (Å²) >= 11 is 0. The third kappa shape index (κ3) is 16.3. The van der Waals surface area contributed by atoms with Gasteiger partial charge in [0.25, 0.3) is 0 Å². The Morgan fingerprint density at radius 2 is 1.12 bits per heavy atom. The Morgan fingerprint density at radius 1 is 0.708 bits per heavy atom. The van der Waals surface area contributed by atoms with E-state index in [1.165, 1.54) is 83.5 Å². The van der Waals surface area contributed by atoms with Crippen molar-refractivity contribution in [1.82, 2.24) is 0 Å². The Kier molecular flexibility index (Phi) is 15.6. The van der Waals surface area contributed by atoms with Crippen LogP contribution in [0.25, 0.3) is 0 Å². The first-order chi connectivity index (χ1) is 11.5. The fraction of sp³-hybridized carbons (Fsp3) is 0.952. The highest BCUT2D eigenvalue weighted by Crippen LogP contribution is 2.13. The van der Waals surface area contributed by atoms with Crippen molar-refractivity contribution in [2.45, 2.75) is 97.3 Å². The largest absolute Gasteiger partial charge is 0.462 e. The number of hydrogen-bond acceptors (Lipinski definition) is 2. The van der Waals surface area contributed by atoms with Gasteiger partial charge in [-0.25, -0.2) is 4.79 Å². The molecule has 0 aliphatic rings. The molecule has 3 nitrogen and oxygen atoms in total. The third-order valence-electron chi connectivity index (χ3n) is 4.73. The minimum atomic E-state index is -0.0720. The fourth-order valence-electron chi connectivity index (χ4n) is 3.19. The first kappa shape index (κ1) is 23.4. The summed E-state index contributed by atoms with van der Waals surface area (Å²) in [6, 6.07) is 0. The van der Waals surface area contributed by atoms with E-state index in [1.807, 2.05) is 6.92 Å². The first-order valence-electron chi connectivity index (χ1n) is 10.5. The number of hydrogen-bond donors (Lipinski definition) is 0. The number of likely N-dealkylation sites (N-methyl/N-ethyl adjacent to an activating group) is 1. The maximum absolute atomic E-state index is 11.6. The van der Waals surface area contributed by atoms with Crippen LogP contribution in [0.15, 0.2) is 0 Å². The minimum Gasteiger partial charge on any atom is -0.462 e. The van der Waals surface area contributed by atoms with Gasteiger partial charge in [-0.2, -0.15) is 0 Å². The molecule has 0 radical (unpaired) electrons. The van der Waals surface area contributed by atoms with Gasteiger partial charge in [0, 0.05) is 0 Å². The summed E-state index contributed by atoms with van der Waals surface area (Å²) in [5.41, 5.74) is 0. The van der Waals surface area contributed by atoms with E-state index < -0.39 is 0 Å². The zero-order valence-corrected chi connectivity index (χ0v) is 17.1. The van der Waals surface area contributed by atoms with Gasteiger partial charge in [0.1, 0.15) is 0 Å². The minimum absolute atomic E-state index is 0.0720. The van der Waals surface area contributed by atoms with Crippen LogP contribution in [0.5, 0.6) is 0 Å². The third-order valence-corrected chi connectivity index (χ3v) is 4.73. The predicted molar refractivity (Wildman–Crippen MR) is 104 cm³/mol. The van der Waals surface area contributed by atoms with Gasteiger partial charge in [0.2, 0.25) is 0 Å². The zero-order chi connectivity index (χ0) is 18.1. The number of carbonyl (C=O) groups is 1. The molecule has 0 aliphatic carbocycles. The van der Waals surface area contributed by atoms with E-state index in [-0.39, 0.29) is 5.97 Å². The Labute approximate surface area is 151 Å². The van der Waals surface area contributed by atoms with E-state index in [4.69, 9.17) is 4.74 Å². The van der Waals surface area contributed by atoms with Gasteiger partial charge in [-0.3, -0.25) is 0 Å². The molecule has 0 amide bonds. The lowest BCUT2D eigenvalue weighted by Gasteiger charge is -2.28. The molecule has 144 valence electrons. The maximum Gasteiger partial charge on any atom is 0.361 e. The van der Waals surface area contributed by atoms with Crippen molar-refractivity contribution >= 4 is 5.97 Å². The first-order valence-corrected chi connectivity index (χ1v) is 10.5. The molecule has 0 aromatic rings. The molecule has 0 N–H and O–H groups in total. The second kappa shape index (κ2) is 15.9.